The van der Waals surface area contributed by atoms with Crippen molar-refractivity contribution in [2.45, 2.75) is 13.0 Å². The van der Waals surface area contributed by atoms with Crippen LogP contribution in [0.2, 0.25) is 0 Å². The Balaban J connectivity index is 2.37. The number of thiophene rings is 1. The summed E-state index contributed by atoms with van der Waals surface area (Å²) in [6.07, 6.45) is 0. The molecule has 1 aromatic heterocycles. The highest BCUT2D eigenvalue weighted by Gasteiger charge is 2.14. The van der Waals surface area contributed by atoms with Crippen molar-refractivity contribution < 1.29 is 0 Å². The van der Waals surface area contributed by atoms with Crippen LogP contribution in [0.25, 0.3) is 0 Å². The van der Waals surface area contributed by atoms with Gasteiger partial charge >= 0.3 is 0 Å². The Hall–Kier alpha value is -0.640. The summed E-state index contributed by atoms with van der Waals surface area (Å²) in [4.78, 5) is 1.38. The first-order valence-corrected chi connectivity index (χ1v) is 6.86. The van der Waals surface area contributed by atoms with E-state index in [1.54, 1.807) is 11.3 Å². The molecule has 1 unspecified atom stereocenters. The standard InChI is InChI=1S/C13H14BrNS/c1-9-12(7-8-16-9)13(15-2)10-3-5-11(14)6-4-10/h3-8,13,15H,1-2H3. The molecule has 0 aliphatic carbocycles. The first-order valence-electron chi connectivity index (χ1n) is 5.19. The minimum absolute atomic E-state index is 0.291. The molecular formula is C13H14BrNS. The van der Waals surface area contributed by atoms with Gasteiger partial charge in [0.15, 0.2) is 0 Å². The summed E-state index contributed by atoms with van der Waals surface area (Å²) in [5.41, 5.74) is 2.67. The van der Waals surface area contributed by atoms with E-state index in [9.17, 15) is 0 Å². The molecule has 2 aromatic rings. The molecule has 1 aromatic carbocycles. The van der Waals surface area contributed by atoms with E-state index in [1.807, 2.05) is 7.05 Å². The fraction of sp³-hybridized carbons (Fsp3) is 0.231. The summed E-state index contributed by atoms with van der Waals surface area (Å²) in [6, 6.07) is 11.0. The molecule has 1 heterocycles. The number of hydrogen-bond acceptors (Lipinski definition) is 2. The Morgan fingerprint density at radius 1 is 1.19 bits per heavy atom. The maximum atomic E-state index is 3.46. The van der Waals surface area contributed by atoms with Crippen LogP contribution in [0, 0.1) is 6.92 Å². The monoisotopic (exact) mass is 295 g/mol. The fourth-order valence-corrected chi connectivity index (χ4v) is 2.86. The van der Waals surface area contributed by atoms with Crippen molar-refractivity contribution in [3.63, 3.8) is 0 Å². The summed E-state index contributed by atoms with van der Waals surface area (Å²) in [7, 11) is 2.00. The van der Waals surface area contributed by atoms with Crippen LogP contribution in [0.3, 0.4) is 0 Å². The van der Waals surface area contributed by atoms with Gasteiger partial charge in [-0.3, -0.25) is 0 Å². The lowest BCUT2D eigenvalue weighted by molar-refractivity contribution is 0.691. The van der Waals surface area contributed by atoms with E-state index < -0.39 is 0 Å². The Morgan fingerprint density at radius 3 is 2.38 bits per heavy atom. The highest BCUT2D eigenvalue weighted by atomic mass is 79.9. The third kappa shape index (κ3) is 2.37. The van der Waals surface area contributed by atoms with Gasteiger partial charge in [0, 0.05) is 9.35 Å². The normalized spacial score (nSPS) is 12.7. The topological polar surface area (TPSA) is 12.0 Å². The van der Waals surface area contributed by atoms with Crippen molar-refractivity contribution in [2.75, 3.05) is 7.05 Å². The minimum atomic E-state index is 0.291. The van der Waals surface area contributed by atoms with Crippen LogP contribution >= 0.6 is 27.3 Å². The summed E-state index contributed by atoms with van der Waals surface area (Å²) >= 11 is 5.26. The highest BCUT2D eigenvalue weighted by Crippen LogP contribution is 2.28. The van der Waals surface area contributed by atoms with Gasteiger partial charge in [-0.1, -0.05) is 28.1 Å². The molecule has 2 rings (SSSR count). The van der Waals surface area contributed by atoms with Crippen molar-refractivity contribution in [1.82, 2.24) is 5.32 Å². The van der Waals surface area contributed by atoms with Crippen LogP contribution in [-0.2, 0) is 0 Å². The molecule has 84 valence electrons. The molecule has 0 aliphatic rings. The molecule has 1 atom stereocenters. The predicted octanol–water partition coefficient (Wildman–Crippen LogP) is 4.13. The zero-order valence-corrected chi connectivity index (χ0v) is 11.7. The van der Waals surface area contributed by atoms with E-state index in [-0.39, 0.29) is 0 Å². The summed E-state index contributed by atoms with van der Waals surface area (Å²) in [5.74, 6) is 0. The molecule has 1 N–H and O–H groups in total. The van der Waals surface area contributed by atoms with E-state index in [0.717, 1.165) is 4.47 Å². The Morgan fingerprint density at radius 2 is 1.88 bits per heavy atom. The molecule has 1 nitrogen and oxygen atoms in total. The zero-order chi connectivity index (χ0) is 11.5. The van der Waals surface area contributed by atoms with Crippen molar-refractivity contribution in [3.05, 3.63) is 56.2 Å². The predicted molar refractivity (Wildman–Crippen MR) is 74.1 cm³/mol. The van der Waals surface area contributed by atoms with Gasteiger partial charge in [0.05, 0.1) is 6.04 Å². The second kappa shape index (κ2) is 5.13. The van der Waals surface area contributed by atoms with E-state index in [0.29, 0.717) is 6.04 Å². The van der Waals surface area contributed by atoms with Crippen molar-refractivity contribution in [1.29, 1.82) is 0 Å². The Bertz CT molecular complexity index is 461. The molecule has 3 heteroatoms. The summed E-state index contributed by atoms with van der Waals surface area (Å²) < 4.78 is 1.12. The van der Waals surface area contributed by atoms with Gasteiger partial charge in [0.25, 0.3) is 0 Å². The first kappa shape index (κ1) is 11.8. The second-order valence-electron chi connectivity index (χ2n) is 3.71. The van der Waals surface area contributed by atoms with Crippen molar-refractivity contribution in [3.8, 4) is 0 Å². The second-order valence-corrected chi connectivity index (χ2v) is 5.74. The highest BCUT2D eigenvalue weighted by molar-refractivity contribution is 9.10. The fourth-order valence-electron chi connectivity index (χ4n) is 1.85. The number of nitrogens with one attached hydrogen (secondary N) is 1. The van der Waals surface area contributed by atoms with Gasteiger partial charge < -0.3 is 5.32 Å². The van der Waals surface area contributed by atoms with Crippen LogP contribution in [0.4, 0.5) is 0 Å². The van der Waals surface area contributed by atoms with Crippen LogP contribution in [-0.4, -0.2) is 7.05 Å². The lowest BCUT2D eigenvalue weighted by Crippen LogP contribution is -2.17. The number of hydrogen-bond donors (Lipinski definition) is 1. The van der Waals surface area contributed by atoms with E-state index in [2.05, 4.69) is 63.9 Å². The molecule has 0 bridgehead atoms. The van der Waals surface area contributed by atoms with E-state index in [4.69, 9.17) is 0 Å². The van der Waals surface area contributed by atoms with Gasteiger partial charge in [-0.25, -0.2) is 0 Å². The lowest BCUT2D eigenvalue weighted by atomic mass is 10.00. The zero-order valence-electron chi connectivity index (χ0n) is 9.33. The molecule has 0 radical (unpaired) electrons. The van der Waals surface area contributed by atoms with Crippen LogP contribution < -0.4 is 5.32 Å². The largest absolute Gasteiger partial charge is 0.309 e. The molecule has 0 spiro atoms. The minimum Gasteiger partial charge on any atom is -0.309 e. The van der Waals surface area contributed by atoms with Crippen LogP contribution in [0.5, 0.6) is 0 Å². The molecule has 0 saturated carbocycles. The third-order valence-corrected chi connectivity index (χ3v) is 4.09. The Labute approximate surface area is 109 Å². The summed E-state index contributed by atoms with van der Waals surface area (Å²) in [5, 5.41) is 5.52. The third-order valence-electron chi connectivity index (χ3n) is 2.70. The first-order chi connectivity index (χ1) is 7.72. The maximum absolute atomic E-state index is 3.46. The van der Waals surface area contributed by atoms with Crippen LogP contribution in [0.15, 0.2) is 40.2 Å². The molecule has 0 saturated heterocycles. The van der Waals surface area contributed by atoms with Gasteiger partial charge in [-0.05, 0) is 48.7 Å². The summed E-state index contributed by atoms with van der Waals surface area (Å²) in [6.45, 7) is 2.17. The van der Waals surface area contributed by atoms with Gasteiger partial charge in [0.1, 0.15) is 0 Å². The van der Waals surface area contributed by atoms with Gasteiger partial charge in [0.2, 0.25) is 0 Å². The van der Waals surface area contributed by atoms with E-state index in [1.165, 1.54) is 16.0 Å². The molecular weight excluding hydrogens is 282 g/mol. The van der Waals surface area contributed by atoms with Crippen molar-refractivity contribution in [2.24, 2.45) is 0 Å². The average Bonchev–Trinajstić information content (AvgIpc) is 2.69. The van der Waals surface area contributed by atoms with E-state index >= 15 is 0 Å². The smallest absolute Gasteiger partial charge is 0.0585 e. The van der Waals surface area contributed by atoms with Gasteiger partial charge in [-0.15, -0.1) is 11.3 Å². The van der Waals surface area contributed by atoms with Crippen LogP contribution in [0.1, 0.15) is 22.0 Å². The molecule has 0 amide bonds. The molecule has 16 heavy (non-hydrogen) atoms. The quantitative estimate of drug-likeness (QED) is 0.898. The van der Waals surface area contributed by atoms with Gasteiger partial charge in [-0.2, -0.15) is 0 Å². The number of benzene rings is 1. The number of aryl methyl sites for hydroxylation is 1. The SMILES string of the molecule is CNC(c1ccc(Br)cc1)c1ccsc1C. The Kier molecular flexibility index (Phi) is 3.79. The lowest BCUT2D eigenvalue weighted by Gasteiger charge is -2.16. The number of rotatable bonds is 3. The molecule has 0 fully saturated rings. The van der Waals surface area contributed by atoms with Crippen molar-refractivity contribution >= 4 is 27.3 Å². The molecule has 0 aliphatic heterocycles. The number of halogens is 1. The maximum Gasteiger partial charge on any atom is 0.0585 e. The average molecular weight is 296 g/mol.